The minimum absolute atomic E-state index is 0.0295. The van der Waals surface area contributed by atoms with E-state index in [0.29, 0.717) is 25.7 Å². The number of hydrogen-bond acceptors (Lipinski definition) is 18. The molecule has 1 aromatic heterocycles. The number of esters is 2. The molecule has 3 heterocycles. The Bertz CT molecular complexity index is 2080. The molecule has 2 aliphatic heterocycles. The van der Waals surface area contributed by atoms with E-state index in [1.807, 2.05) is 19.1 Å². The fourth-order valence-electron chi connectivity index (χ4n) is 8.00. The monoisotopic (exact) mass is 1070 g/mol. The number of aliphatic hydroxyl groups is 5. The smallest absolute Gasteiger partial charge is 0.462 e. The van der Waals surface area contributed by atoms with Crippen LogP contribution in [0.5, 0.6) is 0 Å². The minimum Gasteiger partial charge on any atom is -0.462 e. The van der Waals surface area contributed by atoms with E-state index in [1.165, 1.54) is 43.7 Å². The van der Waals surface area contributed by atoms with Gasteiger partial charge in [0.2, 0.25) is 0 Å². The van der Waals surface area contributed by atoms with Crippen molar-refractivity contribution in [1.82, 2.24) is 9.55 Å². The lowest BCUT2D eigenvalue weighted by molar-refractivity contribution is -0.194. The van der Waals surface area contributed by atoms with E-state index >= 15 is 0 Å². The van der Waals surface area contributed by atoms with Crippen LogP contribution in [0.25, 0.3) is 0 Å². The number of rotatable bonds is 22. The molecule has 73 heavy (non-hydrogen) atoms. The Hall–Kier alpha value is -3.66. The Morgan fingerprint density at radius 3 is 2.19 bits per heavy atom. The number of nitrogens with zero attached hydrogens (tertiary/aromatic N) is 2. The molecule has 0 aromatic carbocycles. The summed E-state index contributed by atoms with van der Waals surface area (Å²) in [6.45, 7) is 1.42. The highest BCUT2D eigenvalue weighted by molar-refractivity contribution is 7.61. The van der Waals surface area contributed by atoms with Gasteiger partial charge in [0, 0.05) is 37.3 Å². The van der Waals surface area contributed by atoms with E-state index in [1.54, 1.807) is 12.2 Å². The quantitative estimate of drug-likeness (QED) is 0.0259. The molecule has 0 aliphatic carbocycles. The molecule has 1 fully saturated rings. The summed E-state index contributed by atoms with van der Waals surface area (Å²) >= 11 is 0. The number of nitrogens with two attached hydrogens (primary N) is 1. The molecular formula is C50H81N3O18P2. The Kier molecular flexibility index (Phi) is 30.4. The highest BCUT2D eigenvalue weighted by atomic mass is 31.3. The van der Waals surface area contributed by atoms with Gasteiger partial charge < -0.3 is 55.3 Å². The molecule has 9 N–H and O–H groups in total. The van der Waals surface area contributed by atoms with Gasteiger partial charge in [0.25, 0.3) is 0 Å². The van der Waals surface area contributed by atoms with Crippen LogP contribution < -0.4 is 11.4 Å². The Labute approximate surface area is 429 Å². The third-order valence-electron chi connectivity index (χ3n) is 12.1. The molecule has 0 saturated carbocycles. The standard InChI is InChI=1S/C50H81N3O18P2/c1-3-5-7-8-9-10-11-12-13-14-15-16-17-18-23-27-45(57)66-34-38-35-67-72(62,63)71-73(64,65)68-36-43-48(60)47(59)39(30-29-37(54)25-21-6-4-2)41(55)33-42(56)40(26-22-19-20-24-28-46(58)69-38)49(70-43)53-32-31-44(51)52-50(53)61/h9-10,12-13,15-16,19,22,29-32,37-43,47-49,54-56,59-60H,3-8,11,14,17-18,20-21,23-28,33-36H2,1-2H3,(H,62,63)(H,64,65)(H2,51,52,61)/b10-9-,13-12-,16-15-,22-19?,30-29-/t37-,38+,39-,40-,41+,42-,43+,47-,48+,49+/m0/s1. The lowest BCUT2D eigenvalue weighted by Crippen LogP contribution is -2.52. The van der Waals surface area contributed by atoms with Crippen LogP contribution >= 0.6 is 15.6 Å². The zero-order valence-corrected chi connectivity index (χ0v) is 44.0. The number of cyclic esters (lactones) is 1. The molecule has 2 bridgehead atoms. The second-order valence-corrected chi connectivity index (χ2v) is 21.3. The first kappa shape index (κ1) is 63.6. The third-order valence-corrected chi connectivity index (χ3v) is 14.7. The highest BCUT2D eigenvalue weighted by Gasteiger charge is 2.45. The van der Waals surface area contributed by atoms with Crippen LogP contribution in [-0.4, -0.2) is 119 Å². The molecule has 0 amide bonds. The minimum atomic E-state index is -5.71. The largest absolute Gasteiger partial charge is 0.481 e. The first-order valence-corrected chi connectivity index (χ1v) is 28.5. The maximum Gasteiger partial charge on any atom is 0.481 e. The second-order valence-electron chi connectivity index (χ2n) is 18.3. The second kappa shape index (κ2) is 34.8. The van der Waals surface area contributed by atoms with Gasteiger partial charge in [-0.25, -0.2) is 13.9 Å². The average Bonchev–Trinajstić information content (AvgIpc) is 3.33. The van der Waals surface area contributed by atoms with Gasteiger partial charge in [-0.3, -0.25) is 23.2 Å². The number of carbonyl (C=O) groups excluding carboxylic acids is 2. The topological polar surface area (TPSA) is 326 Å². The fourth-order valence-corrected chi connectivity index (χ4v) is 10.1. The molecular weight excluding hydrogens is 993 g/mol. The van der Waals surface area contributed by atoms with Crippen molar-refractivity contribution in [3.8, 4) is 0 Å². The number of phosphoric ester groups is 2. The van der Waals surface area contributed by atoms with Crippen LogP contribution in [0.3, 0.4) is 0 Å². The maximum atomic E-state index is 13.3. The zero-order chi connectivity index (χ0) is 53.7. The molecule has 0 radical (unpaired) electrons. The van der Waals surface area contributed by atoms with Gasteiger partial charge in [-0.05, 0) is 76.7 Å². The summed E-state index contributed by atoms with van der Waals surface area (Å²) in [6.07, 6.45) is 17.4. The van der Waals surface area contributed by atoms with E-state index in [2.05, 4.69) is 40.5 Å². The first-order valence-electron chi connectivity index (χ1n) is 25.6. The molecule has 414 valence electrons. The molecule has 23 heteroatoms. The number of hydrogen-bond donors (Lipinski definition) is 8. The summed E-state index contributed by atoms with van der Waals surface area (Å²) in [5.41, 5.74) is 4.77. The zero-order valence-electron chi connectivity index (χ0n) is 42.2. The predicted octanol–water partition coefficient (Wildman–Crippen LogP) is 6.71. The molecule has 3 rings (SSSR count). The number of carbonyl (C=O) groups is 2. The lowest BCUT2D eigenvalue weighted by Gasteiger charge is -2.40. The van der Waals surface area contributed by atoms with Crippen LogP contribution in [0.1, 0.15) is 142 Å². The molecule has 1 aromatic rings. The van der Waals surface area contributed by atoms with Crippen molar-refractivity contribution in [2.45, 2.75) is 185 Å². The van der Waals surface area contributed by atoms with Gasteiger partial charge in [-0.15, -0.1) is 0 Å². The van der Waals surface area contributed by atoms with E-state index in [0.717, 1.165) is 43.1 Å². The fraction of sp³-hybridized carbons (Fsp3) is 0.680. The number of nitrogen functional groups attached to an aromatic ring is 1. The van der Waals surface area contributed by atoms with Crippen LogP contribution in [0.15, 0.2) is 77.8 Å². The number of fused-ring (bicyclic) bond motifs is 3. The van der Waals surface area contributed by atoms with E-state index in [9.17, 15) is 58.8 Å². The highest BCUT2D eigenvalue weighted by Crippen LogP contribution is 2.60. The SMILES string of the molecule is CCCCC/C=C\C/C=C\C/C=C\CCCCC(=O)OC[C@@H]1COP(=O)(O)OP(=O)(O)OC[C@H]2O[C@@H](n3ccc(N)nc3=O)[C@@H](CC=CCCCC(=O)O1)[C@@H](O)C[C@@H](O)[C@H](/C=C\[C@@H](O)CCCCC)[C@H](O)[C@@H]2O. The Balaban J connectivity index is 1.80. The van der Waals surface area contributed by atoms with Crippen LogP contribution in [0.4, 0.5) is 5.82 Å². The van der Waals surface area contributed by atoms with Crippen molar-refractivity contribution in [2.24, 2.45) is 11.8 Å². The maximum absolute atomic E-state index is 13.3. The summed E-state index contributed by atoms with van der Waals surface area (Å²) < 4.78 is 58.9. The molecule has 2 aliphatic rings. The van der Waals surface area contributed by atoms with Gasteiger partial charge in [0.15, 0.2) is 6.10 Å². The number of ether oxygens (including phenoxy) is 3. The number of phosphoric acid groups is 2. The molecule has 12 atom stereocenters. The predicted molar refractivity (Wildman–Crippen MR) is 272 cm³/mol. The van der Waals surface area contributed by atoms with Crippen molar-refractivity contribution >= 4 is 33.4 Å². The number of anilines is 1. The van der Waals surface area contributed by atoms with E-state index in [4.69, 9.17) is 29.0 Å². The number of aromatic nitrogens is 2. The number of aliphatic hydroxyl groups excluding tert-OH is 5. The van der Waals surface area contributed by atoms with Gasteiger partial charge >= 0.3 is 33.3 Å². The summed E-state index contributed by atoms with van der Waals surface area (Å²) in [6, 6.07) is 1.24. The number of unbranched alkanes of at least 4 members (excludes halogenated alkanes) is 7. The van der Waals surface area contributed by atoms with Gasteiger partial charge in [0.05, 0.1) is 37.6 Å². The van der Waals surface area contributed by atoms with Crippen LogP contribution in [0.2, 0.25) is 0 Å². The van der Waals surface area contributed by atoms with Crippen LogP contribution in [-0.2, 0) is 46.3 Å². The van der Waals surface area contributed by atoms with Crippen molar-refractivity contribution in [3.63, 3.8) is 0 Å². The molecule has 2 unspecified atom stereocenters. The summed E-state index contributed by atoms with van der Waals surface area (Å²) in [4.78, 5) is 64.1. The van der Waals surface area contributed by atoms with Crippen molar-refractivity contribution < 1.29 is 81.6 Å². The Morgan fingerprint density at radius 1 is 0.877 bits per heavy atom. The first-order chi connectivity index (χ1) is 34.9. The third kappa shape index (κ3) is 25.6. The lowest BCUT2D eigenvalue weighted by atomic mass is 9.82. The summed E-state index contributed by atoms with van der Waals surface area (Å²) in [5.74, 6) is -4.19. The molecule has 1 saturated heterocycles. The van der Waals surface area contributed by atoms with Gasteiger partial charge in [0.1, 0.15) is 30.9 Å². The molecule has 21 nitrogen and oxygen atoms in total. The average molecular weight is 1070 g/mol. The van der Waals surface area contributed by atoms with Crippen molar-refractivity contribution in [2.75, 3.05) is 25.6 Å². The summed E-state index contributed by atoms with van der Waals surface area (Å²) in [7, 11) is -11.3. The Morgan fingerprint density at radius 2 is 1.52 bits per heavy atom. The van der Waals surface area contributed by atoms with Crippen molar-refractivity contribution in [1.29, 1.82) is 0 Å². The summed E-state index contributed by atoms with van der Waals surface area (Å²) in [5, 5.41) is 57.4. The van der Waals surface area contributed by atoms with Gasteiger partial charge in [-0.1, -0.05) is 107 Å². The molecule has 0 spiro atoms. The normalized spacial score (nSPS) is 30.3. The van der Waals surface area contributed by atoms with Crippen molar-refractivity contribution in [3.05, 3.63) is 83.5 Å². The van der Waals surface area contributed by atoms with E-state index in [-0.39, 0.29) is 37.9 Å². The number of allylic oxidation sites excluding steroid dienone is 8. The van der Waals surface area contributed by atoms with Gasteiger partial charge in [-0.2, -0.15) is 9.29 Å². The van der Waals surface area contributed by atoms with Crippen LogP contribution in [0, 0.1) is 11.8 Å². The van der Waals surface area contributed by atoms with E-state index < -0.39 is 120 Å².